The molecule has 1 heterocycles. The van der Waals surface area contributed by atoms with Crippen LogP contribution in [0, 0.1) is 5.92 Å². The molecule has 0 saturated carbocycles. The van der Waals surface area contributed by atoms with Gasteiger partial charge < -0.3 is 16.4 Å². The Labute approximate surface area is 110 Å². The number of rotatable bonds is 4. The maximum atomic E-state index is 6.11. The average molecular weight is 247 g/mol. The van der Waals surface area contributed by atoms with Crippen LogP contribution in [0.1, 0.15) is 25.3 Å². The summed E-state index contributed by atoms with van der Waals surface area (Å²) in [5, 5.41) is 0. The molecule has 3 nitrogen and oxygen atoms in total. The Morgan fingerprint density at radius 2 is 1.89 bits per heavy atom. The summed E-state index contributed by atoms with van der Waals surface area (Å²) >= 11 is 0. The first-order valence-electron chi connectivity index (χ1n) is 6.76. The Kier molecular flexibility index (Phi) is 4.05. The molecule has 1 aromatic rings. The van der Waals surface area contributed by atoms with Crippen molar-refractivity contribution in [2.24, 2.45) is 17.4 Å². The van der Waals surface area contributed by atoms with Gasteiger partial charge in [0.25, 0.3) is 0 Å². The lowest BCUT2D eigenvalue weighted by molar-refractivity contribution is 0.262. The van der Waals surface area contributed by atoms with Crippen LogP contribution in [-0.2, 0) is 0 Å². The van der Waals surface area contributed by atoms with Gasteiger partial charge in [0.2, 0.25) is 0 Å². The highest BCUT2D eigenvalue weighted by Crippen LogP contribution is 2.32. The second kappa shape index (κ2) is 5.39. The fourth-order valence-electron chi connectivity index (χ4n) is 2.98. The van der Waals surface area contributed by atoms with E-state index in [1.165, 1.54) is 5.56 Å². The fourth-order valence-corrected chi connectivity index (χ4v) is 2.98. The van der Waals surface area contributed by atoms with Gasteiger partial charge in [-0.25, -0.2) is 0 Å². The SMILES string of the molecule is CC(C)(N)CN1C[C@@H](CN)[C@H](c2ccccc2)C1. The van der Waals surface area contributed by atoms with Crippen LogP contribution in [0.25, 0.3) is 0 Å². The maximum Gasteiger partial charge on any atom is 0.0226 e. The number of likely N-dealkylation sites (tertiary alicyclic amines) is 1. The molecule has 0 aliphatic carbocycles. The molecule has 1 saturated heterocycles. The van der Waals surface area contributed by atoms with Crippen molar-refractivity contribution in [1.29, 1.82) is 0 Å². The molecule has 18 heavy (non-hydrogen) atoms. The van der Waals surface area contributed by atoms with E-state index in [2.05, 4.69) is 49.1 Å². The highest BCUT2D eigenvalue weighted by Gasteiger charge is 2.34. The maximum absolute atomic E-state index is 6.11. The van der Waals surface area contributed by atoms with Crippen LogP contribution in [0.5, 0.6) is 0 Å². The van der Waals surface area contributed by atoms with Crippen molar-refractivity contribution in [2.75, 3.05) is 26.2 Å². The molecule has 1 aliphatic rings. The molecule has 1 aliphatic heterocycles. The van der Waals surface area contributed by atoms with Crippen molar-refractivity contribution in [2.45, 2.75) is 25.3 Å². The summed E-state index contributed by atoms with van der Waals surface area (Å²) in [5.74, 6) is 1.10. The molecule has 100 valence electrons. The zero-order valence-corrected chi connectivity index (χ0v) is 11.5. The van der Waals surface area contributed by atoms with E-state index in [1.54, 1.807) is 0 Å². The van der Waals surface area contributed by atoms with Crippen LogP contribution in [0.15, 0.2) is 30.3 Å². The highest BCUT2D eigenvalue weighted by atomic mass is 15.2. The molecule has 0 radical (unpaired) electrons. The predicted molar refractivity (Wildman–Crippen MR) is 76.4 cm³/mol. The second-order valence-electron chi connectivity index (χ2n) is 6.20. The van der Waals surface area contributed by atoms with E-state index in [9.17, 15) is 0 Å². The Hall–Kier alpha value is -0.900. The lowest BCUT2D eigenvalue weighted by Gasteiger charge is -2.26. The van der Waals surface area contributed by atoms with Crippen molar-refractivity contribution >= 4 is 0 Å². The number of nitrogens with two attached hydrogens (primary N) is 2. The van der Waals surface area contributed by atoms with Crippen molar-refractivity contribution < 1.29 is 0 Å². The van der Waals surface area contributed by atoms with Gasteiger partial charge in [0, 0.05) is 31.1 Å². The van der Waals surface area contributed by atoms with E-state index in [-0.39, 0.29) is 5.54 Å². The summed E-state index contributed by atoms with van der Waals surface area (Å²) in [6.45, 7) is 8.00. The molecule has 3 heteroatoms. The Bertz CT molecular complexity index is 369. The van der Waals surface area contributed by atoms with Crippen molar-refractivity contribution in [3.63, 3.8) is 0 Å². The average Bonchev–Trinajstić information content (AvgIpc) is 2.71. The van der Waals surface area contributed by atoms with E-state index in [0.29, 0.717) is 11.8 Å². The monoisotopic (exact) mass is 247 g/mol. The van der Waals surface area contributed by atoms with E-state index >= 15 is 0 Å². The van der Waals surface area contributed by atoms with Gasteiger partial charge in [-0.3, -0.25) is 0 Å². The topological polar surface area (TPSA) is 55.3 Å². The lowest BCUT2D eigenvalue weighted by atomic mass is 9.89. The van der Waals surface area contributed by atoms with Gasteiger partial charge in [-0.1, -0.05) is 30.3 Å². The van der Waals surface area contributed by atoms with Crippen LogP contribution in [0.4, 0.5) is 0 Å². The molecule has 0 bridgehead atoms. The highest BCUT2D eigenvalue weighted by molar-refractivity contribution is 5.22. The molecular weight excluding hydrogens is 222 g/mol. The van der Waals surface area contributed by atoms with Gasteiger partial charge in [-0.2, -0.15) is 0 Å². The van der Waals surface area contributed by atoms with Crippen LogP contribution >= 0.6 is 0 Å². The smallest absolute Gasteiger partial charge is 0.0226 e. The minimum atomic E-state index is -0.134. The van der Waals surface area contributed by atoms with Crippen LogP contribution in [0.2, 0.25) is 0 Å². The summed E-state index contributed by atoms with van der Waals surface area (Å²) in [7, 11) is 0. The van der Waals surface area contributed by atoms with Gasteiger partial charge in [0.1, 0.15) is 0 Å². The second-order valence-corrected chi connectivity index (χ2v) is 6.20. The Balaban J connectivity index is 2.08. The Morgan fingerprint density at radius 3 is 2.44 bits per heavy atom. The van der Waals surface area contributed by atoms with Crippen LogP contribution in [0.3, 0.4) is 0 Å². The first-order valence-corrected chi connectivity index (χ1v) is 6.76. The minimum Gasteiger partial charge on any atom is -0.330 e. The summed E-state index contributed by atoms with van der Waals surface area (Å²) < 4.78 is 0. The first kappa shape index (κ1) is 13.5. The lowest BCUT2D eigenvalue weighted by Crippen LogP contribution is -2.44. The number of nitrogens with zero attached hydrogens (tertiary/aromatic N) is 1. The van der Waals surface area contributed by atoms with Crippen molar-refractivity contribution in [3.8, 4) is 0 Å². The largest absolute Gasteiger partial charge is 0.330 e. The van der Waals surface area contributed by atoms with Crippen LogP contribution < -0.4 is 11.5 Å². The van der Waals surface area contributed by atoms with E-state index in [0.717, 1.165) is 26.2 Å². The molecule has 0 spiro atoms. The van der Waals surface area contributed by atoms with Crippen molar-refractivity contribution in [3.05, 3.63) is 35.9 Å². The summed E-state index contributed by atoms with van der Waals surface area (Å²) in [4.78, 5) is 2.45. The molecule has 0 unspecified atom stereocenters. The number of hydrogen-bond donors (Lipinski definition) is 2. The molecule has 1 fully saturated rings. The third kappa shape index (κ3) is 3.31. The molecule has 0 aromatic heterocycles. The summed E-state index contributed by atoms with van der Waals surface area (Å²) in [5.41, 5.74) is 13.3. The zero-order chi connectivity index (χ0) is 13.2. The normalized spacial score (nSPS) is 25.6. The Morgan fingerprint density at radius 1 is 1.22 bits per heavy atom. The molecule has 2 rings (SSSR count). The van der Waals surface area contributed by atoms with E-state index < -0.39 is 0 Å². The molecule has 2 atom stereocenters. The zero-order valence-electron chi connectivity index (χ0n) is 11.5. The van der Waals surface area contributed by atoms with E-state index in [4.69, 9.17) is 11.5 Å². The fraction of sp³-hybridized carbons (Fsp3) is 0.600. The summed E-state index contributed by atoms with van der Waals surface area (Å²) in [6, 6.07) is 10.7. The first-order chi connectivity index (χ1) is 8.49. The molecule has 0 amide bonds. The number of benzene rings is 1. The third-order valence-corrected chi connectivity index (χ3v) is 3.68. The number of hydrogen-bond acceptors (Lipinski definition) is 3. The summed E-state index contributed by atoms with van der Waals surface area (Å²) in [6.07, 6.45) is 0. The van der Waals surface area contributed by atoms with E-state index in [1.807, 2.05) is 0 Å². The van der Waals surface area contributed by atoms with Crippen molar-refractivity contribution in [1.82, 2.24) is 4.90 Å². The minimum absolute atomic E-state index is 0.134. The third-order valence-electron chi connectivity index (χ3n) is 3.68. The van der Waals surface area contributed by atoms with Crippen LogP contribution in [-0.4, -0.2) is 36.6 Å². The molecule has 1 aromatic carbocycles. The molecular formula is C15H25N3. The molecule has 4 N–H and O–H groups in total. The predicted octanol–water partition coefficient (Wildman–Crippen LogP) is 1.40. The van der Waals surface area contributed by atoms with Gasteiger partial charge in [0.05, 0.1) is 0 Å². The standard InChI is InChI=1S/C15H25N3/c1-15(2,17)11-18-9-13(8-16)14(10-18)12-6-4-3-5-7-12/h3-7,13-14H,8-11,16-17H2,1-2H3/t13-,14+/m1/s1. The van der Waals surface area contributed by atoms with Gasteiger partial charge in [-0.15, -0.1) is 0 Å². The van der Waals surface area contributed by atoms with Gasteiger partial charge in [0.15, 0.2) is 0 Å². The van der Waals surface area contributed by atoms with Gasteiger partial charge in [-0.05, 0) is 31.9 Å². The quantitative estimate of drug-likeness (QED) is 0.845. The van der Waals surface area contributed by atoms with Gasteiger partial charge >= 0.3 is 0 Å².